The first kappa shape index (κ1) is 14.9. The molecule has 9 heteroatoms. The largest absolute Gasteiger partial charge is 0.478 e. The molecule has 0 bridgehead atoms. The fourth-order valence-electron chi connectivity index (χ4n) is 1.81. The summed E-state index contributed by atoms with van der Waals surface area (Å²) in [5, 5.41) is 11.9. The molecule has 2 rings (SSSR count). The van der Waals surface area contributed by atoms with Crippen LogP contribution in [0.4, 0.5) is 22.0 Å². The van der Waals surface area contributed by atoms with Crippen molar-refractivity contribution in [3.05, 3.63) is 47.3 Å². The molecule has 0 fully saturated rings. The Morgan fingerprint density at radius 1 is 1.19 bits per heavy atom. The van der Waals surface area contributed by atoms with Crippen LogP contribution in [0.25, 0.3) is 5.69 Å². The summed E-state index contributed by atoms with van der Waals surface area (Å²) in [6.07, 6.45) is -8.59. The average Bonchev–Trinajstić information content (AvgIpc) is 2.80. The first-order valence-electron chi connectivity index (χ1n) is 5.50. The SMILES string of the molecule is O=C(O)c1c(C(F)(F)F)nn(-c2ccccc2)c1C(F)F. The Balaban J connectivity index is 2.81. The summed E-state index contributed by atoms with van der Waals surface area (Å²) in [7, 11) is 0. The maximum atomic E-state index is 13.0. The van der Waals surface area contributed by atoms with Crippen molar-refractivity contribution in [2.45, 2.75) is 12.6 Å². The van der Waals surface area contributed by atoms with E-state index in [-0.39, 0.29) is 5.69 Å². The van der Waals surface area contributed by atoms with Gasteiger partial charge in [0.2, 0.25) is 0 Å². The van der Waals surface area contributed by atoms with Crippen LogP contribution in [0.3, 0.4) is 0 Å². The summed E-state index contributed by atoms with van der Waals surface area (Å²) in [5.41, 5.74) is -4.79. The Morgan fingerprint density at radius 2 is 1.76 bits per heavy atom. The number of alkyl halides is 5. The Hall–Kier alpha value is -2.45. The van der Waals surface area contributed by atoms with E-state index in [1.54, 1.807) is 0 Å². The molecule has 0 amide bonds. The summed E-state index contributed by atoms with van der Waals surface area (Å²) in [5.74, 6) is -2.11. The van der Waals surface area contributed by atoms with Crippen LogP contribution in [0.15, 0.2) is 30.3 Å². The molecule has 0 radical (unpaired) electrons. The number of hydrogen-bond acceptors (Lipinski definition) is 2. The predicted octanol–water partition coefficient (Wildman–Crippen LogP) is 3.53. The second kappa shape index (κ2) is 5.15. The zero-order valence-corrected chi connectivity index (χ0v) is 10.1. The number of hydrogen-bond donors (Lipinski definition) is 1. The fraction of sp³-hybridized carbons (Fsp3) is 0.167. The van der Waals surface area contributed by atoms with Gasteiger partial charge in [-0.1, -0.05) is 18.2 Å². The summed E-state index contributed by atoms with van der Waals surface area (Å²) < 4.78 is 64.8. The third kappa shape index (κ3) is 2.71. The van der Waals surface area contributed by atoms with Crippen molar-refractivity contribution in [1.29, 1.82) is 0 Å². The summed E-state index contributed by atoms with van der Waals surface area (Å²) >= 11 is 0. The lowest BCUT2D eigenvalue weighted by Gasteiger charge is -2.06. The highest BCUT2D eigenvalue weighted by Gasteiger charge is 2.43. The number of nitrogens with zero attached hydrogens (tertiary/aromatic N) is 2. The Morgan fingerprint density at radius 3 is 2.19 bits per heavy atom. The lowest BCUT2D eigenvalue weighted by atomic mass is 10.1. The van der Waals surface area contributed by atoms with Crippen molar-refractivity contribution in [1.82, 2.24) is 9.78 Å². The van der Waals surface area contributed by atoms with E-state index in [0.29, 0.717) is 4.68 Å². The molecule has 2 aromatic rings. The van der Waals surface area contributed by atoms with Gasteiger partial charge in [-0.25, -0.2) is 18.3 Å². The second-order valence-corrected chi connectivity index (χ2v) is 3.96. The number of para-hydroxylation sites is 1. The molecule has 0 spiro atoms. The highest BCUT2D eigenvalue weighted by Crippen LogP contribution is 2.36. The topological polar surface area (TPSA) is 55.1 Å². The quantitative estimate of drug-likeness (QED) is 0.883. The number of carboxylic acid groups (broad SMARTS) is 1. The number of benzene rings is 1. The highest BCUT2D eigenvalue weighted by molar-refractivity contribution is 5.91. The van der Waals surface area contributed by atoms with Gasteiger partial charge >= 0.3 is 12.1 Å². The highest BCUT2D eigenvalue weighted by atomic mass is 19.4. The van der Waals surface area contributed by atoms with Crippen molar-refractivity contribution < 1.29 is 31.9 Å². The van der Waals surface area contributed by atoms with Gasteiger partial charge in [0.15, 0.2) is 5.69 Å². The zero-order valence-electron chi connectivity index (χ0n) is 10.1. The van der Waals surface area contributed by atoms with Crippen molar-refractivity contribution >= 4 is 5.97 Å². The summed E-state index contributed by atoms with van der Waals surface area (Å²) in [6.45, 7) is 0. The molecule has 0 unspecified atom stereocenters. The van der Waals surface area contributed by atoms with Gasteiger partial charge in [-0.15, -0.1) is 0 Å². The zero-order chi connectivity index (χ0) is 15.8. The van der Waals surface area contributed by atoms with Gasteiger partial charge in [0.05, 0.1) is 5.69 Å². The van der Waals surface area contributed by atoms with Gasteiger partial charge in [0.1, 0.15) is 11.3 Å². The van der Waals surface area contributed by atoms with Gasteiger partial charge in [0.25, 0.3) is 6.43 Å². The molecule has 1 heterocycles. The van der Waals surface area contributed by atoms with Crippen LogP contribution in [0.1, 0.15) is 28.2 Å². The van der Waals surface area contributed by atoms with E-state index in [0.717, 1.165) is 0 Å². The molecular weight excluding hydrogens is 299 g/mol. The molecule has 0 aliphatic rings. The van der Waals surface area contributed by atoms with Gasteiger partial charge in [-0.3, -0.25) is 0 Å². The summed E-state index contributed by atoms with van der Waals surface area (Å²) in [6, 6.07) is 6.81. The fourth-order valence-corrected chi connectivity index (χ4v) is 1.81. The minimum absolute atomic E-state index is 0.0919. The lowest BCUT2D eigenvalue weighted by Crippen LogP contribution is -2.13. The maximum Gasteiger partial charge on any atom is 0.436 e. The van der Waals surface area contributed by atoms with Crippen LogP contribution < -0.4 is 0 Å². The average molecular weight is 306 g/mol. The standard InChI is InChI=1S/C12H7F5N2O2/c13-10(14)8-7(11(20)21)9(12(15,16)17)18-19(8)6-4-2-1-3-5-6/h1-5,10H,(H,20,21). The maximum absolute atomic E-state index is 13.0. The van der Waals surface area contributed by atoms with Crippen LogP contribution in [0, 0.1) is 0 Å². The monoisotopic (exact) mass is 306 g/mol. The van der Waals surface area contributed by atoms with Crippen LogP contribution >= 0.6 is 0 Å². The molecule has 21 heavy (non-hydrogen) atoms. The minimum atomic E-state index is -5.16. The first-order chi connectivity index (χ1) is 9.73. The molecule has 0 atom stereocenters. The number of aromatic nitrogens is 2. The number of carbonyl (C=O) groups is 1. The number of rotatable bonds is 3. The van der Waals surface area contributed by atoms with E-state index in [1.165, 1.54) is 30.3 Å². The van der Waals surface area contributed by atoms with E-state index in [2.05, 4.69) is 5.10 Å². The molecule has 1 aromatic heterocycles. The Labute approximate surface area is 114 Å². The van der Waals surface area contributed by atoms with Crippen molar-refractivity contribution in [2.24, 2.45) is 0 Å². The second-order valence-electron chi connectivity index (χ2n) is 3.96. The number of carboxylic acids is 1. The van der Waals surface area contributed by atoms with Crippen LogP contribution in [0.2, 0.25) is 0 Å². The van der Waals surface area contributed by atoms with E-state index >= 15 is 0 Å². The van der Waals surface area contributed by atoms with Crippen LogP contribution in [-0.2, 0) is 6.18 Å². The molecule has 112 valence electrons. The van der Waals surface area contributed by atoms with Crippen molar-refractivity contribution in [3.63, 3.8) is 0 Å². The van der Waals surface area contributed by atoms with Crippen LogP contribution in [-0.4, -0.2) is 20.9 Å². The van der Waals surface area contributed by atoms with E-state index in [4.69, 9.17) is 5.11 Å². The number of halogens is 5. The smallest absolute Gasteiger partial charge is 0.436 e. The van der Waals surface area contributed by atoms with Crippen molar-refractivity contribution in [3.8, 4) is 5.69 Å². The van der Waals surface area contributed by atoms with E-state index in [9.17, 15) is 26.7 Å². The molecule has 0 saturated carbocycles. The van der Waals surface area contributed by atoms with Gasteiger partial charge in [-0.2, -0.15) is 18.3 Å². The molecule has 0 aliphatic carbocycles. The van der Waals surface area contributed by atoms with E-state index < -0.39 is 35.5 Å². The summed E-state index contributed by atoms with van der Waals surface area (Å²) in [4.78, 5) is 11.0. The minimum Gasteiger partial charge on any atom is -0.478 e. The molecule has 0 aliphatic heterocycles. The Kier molecular flexibility index (Phi) is 3.67. The first-order valence-corrected chi connectivity index (χ1v) is 5.50. The van der Waals surface area contributed by atoms with Crippen molar-refractivity contribution in [2.75, 3.05) is 0 Å². The van der Waals surface area contributed by atoms with E-state index in [1.807, 2.05) is 0 Å². The third-order valence-corrected chi connectivity index (χ3v) is 2.61. The molecule has 0 saturated heterocycles. The molecular formula is C12H7F5N2O2. The number of aromatic carboxylic acids is 1. The van der Waals surface area contributed by atoms with Gasteiger partial charge < -0.3 is 5.11 Å². The van der Waals surface area contributed by atoms with Crippen LogP contribution in [0.5, 0.6) is 0 Å². The molecule has 4 nitrogen and oxygen atoms in total. The predicted molar refractivity (Wildman–Crippen MR) is 60.5 cm³/mol. The van der Waals surface area contributed by atoms with Gasteiger partial charge in [0, 0.05) is 0 Å². The molecule has 1 aromatic carbocycles. The lowest BCUT2D eigenvalue weighted by molar-refractivity contribution is -0.141. The molecule has 1 N–H and O–H groups in total. The normalized spacial score (nSPS) is 11.9. The Bertz CT molecular complexity index is 664. The van der Waals surface area contributed by atoms with Gasteiger partial charge in [-0.05, 0) is 12.1 Å². The third-order valence-electron chi connectivity index (χ3n) is 2.61.